The van der Waals surface area contributed by atoms with Gasteiger partial charge in [-0.15, -0.1) is 0 Å². The standard InChI is InChI=1S/C14H10BrN5O/c1-21-12-5-3-10-13(19-12)20(14(17)18-10)11-4-2-8(7-16)6-9(11)15/h2-6H,1H3,(H2,17,18). The number of nitriles is 1. The third-order valence-electron chi connectivity index (χ3n) is 3.03. The van der Waals surface area contributed by atoms with Crippen LogP contribution in [0.3, 0.4) is 0 Å². The predicted octanol–water partition coefficient (Wildman–Crippen LogP) is 2.65. The SMILES string of the molecule is COc1ccc2nc(N)n(-c3ccc(C#N)cc3Br)c2n1. The van der Waals surface area contributed by atoms with Crippen LogP contribution in [0.1, 0.15) is 5.56 Å². The van der Waals surface area contributed by atoms with Gasteiger partial charge < -0.3 is 10.5 Å². The molecule has 2 heterocycles. The van der Waals surface area contributed by atoms with Crippen molar-refractivity contribution in [2.45, 2.75) is 0 Å². The van der Waals surface area contributed by atoms with E-state index in [4.69, 9.17) is 15.7 Å². The fourth-order valence-corrected chi connectivity index (χ4v) is 2.62. The molecule has 0 atom stereocenters. The highest BCUT2D eigenvalue weighted by molar-refractivity contribution is 9.10. The van der Waals surface area contributed by atoms with Crippen LogP contribution in [0.5, 0.6) is 5.88 Å². The fraction of sp³-hybridized carbons (Fsp3) is 0.0714. The molecule has 21 heavy (non-hydrogen) atoms. The van der Waals surface area contributed by atoms with Crippen LogP contribution in [0.2, 0.25) is 0 Å². The summed E-state index contributed by atoms with van der Waals surface area (Å²) in [5.74, 6) is 0.796. The molecule has 0 saturated heterocycles. The average molecular weight is 344 g/mol. The Labute approximate surface area is 128 Å². The van der Waals surface area contributed by atoms with E-state index in [2.05, 4.69) is 32.0 Å². The Kier molecular flexibility index (Phi) is 3.23. The average Bonchev–Trinajstić information content (AvgIpc) is 2.82. The molecule has 0 radical (unpaired) electrons. The zero-order valence-corrected chi connectivity index (χ0v) is 12.6. The number of nitrogen functional groups attached to an aromatic ring is 1. The number of ether oxygens (including phenoxy) is 1. The lowest BCUT2D eigenvalue weighted by molar-refractivity contribution is 0.399. The van der Waals surface area contributed by atoms with Gasteiger partial charge in [-0.05, 0) is 40.2 Å². The number of imidazole rings is 1. The maximum atomic E-state index is 8.93. The van der Waals surface area contributed by atoms with Crippen molar-refractivity contribution >= 4 is 33.0 Å². The van der Waals surface area contributed by atoms with Crippen LogP contribution in [-0.2, 0) is 0 Å². The van der Waals surface area contributed by atoms with Crippen LogP contribution in [0, 0.1) is 11.3 Å². The van der Waals surface area contributed by atoms with Gasteiger partial charge in [0.15, 0.2) is 5.65 Å². The van der Waals surface area contributed by atoms with Crippen molar-refractivity contribution in [1.82, 2.24) is 14.5 Å². The zero-order valence-electron chi connectivity index (χ0n) is 11.0. The number of nitrogens with two attached hydrogens (primary N) is 1. The Balaban J connectivity index is 2.29. The van der Waals surface area contributed by atoms with Crippen molar-refractivity contribution in [3.63, 3.8) is 0 Å². The van der Waals surface area contributed by atoms with Crippen molar-refractivity contribution < 1.29 is 4.74 Å². The first kappa shape index (κ1) is 13.4. The van der Waals surface area contributed by atoms with E-state index in [1.165, 1.54) is 0 Å². The minimum atomic E-state index is 0.316. The van der Waals surface area contributed by atoms with Crippen LogP contribution < -0.4 is 10.5 Å². The summed E-state index contributed by atoms with van der Waals surface area (Å²) in [5.41, 5.74) is 8.58. The Hall–Kier alpha value is -2.59. The number of aromatic nitrogens is 3. The Morgan fingerprint density at radius 3 is 2.76 bits per heavy atom. The van der Waals surface area contributed by atoms with Crippen LogP contribution in [0.25, 0.3) is 16.9 Å². The van der Waals surface area contributed by atoms with Gasteiger partial charge in [0.1, 0.15) is 5.52 Å². The molecular weight excluding hydrogens is 334 g/mol. The third kappa shape index (κ3) is 2.19. The second kappa shape index (κ2) is 5.07. The Morgan fingerprint density at radius 1 is 1.29 bits per heavy atom. The van der Waals surface area contributed by atoms with Gasteiger partial charge in [0.2, 0.25) is 11.8 Å². The lowest BCUT2D eigenvalue weighted by atomic mass is 10.2. The maximum Gasteiger partial charge on any atom is 0.215 e. The number of benzene rings is 1. The molecule has 0 fully saturated rings. The summed E-state index contributed by atoms with van der Waals surface area (Å²) in [4.78, 5) is 8.67. The minimum Gasteiger partial charge on any atom is -0.481 e. The third-order valence-corrected chi connectivity index (χ3v) is 3.67. The molecule has 3 aromatic rings. The maximum absolute atomic E-state index is 8.93. The van der Waals surface area contributed by atoms with E-state index in [1.54, 1.807) is 42.0 Å². The molecule has 1 aromatic carbocycles. The van der Waals surface area contributed by atoms with Crippen molar-refractivity contribution in [3.05, 3.63) is 40.4 Å². The highest BCUT2D eigenvalue weighted by Crippen LogP contribution is 2.29. The first-order valence-corrected chi connectivity index (χ1v) is 6.82. The molecule has 2 aromatic heterocycles. The van der Waals surface area contributed by atoms with Crippen molar-refractivity contribution in [2.24, 2.45) is 0 Å². The minimum absolute atomic E-state index is 0.316. The summed E-state index contributed by atoms with van der Waals surface area (Å²) in [6.45, 7) is 0. The molecule has 0 spiro atoms. The number of anilines is 1. The fourth-order valence-electron chi connectivity index (χ4n) is 2.07. The van der Waals surface area contributed by atoms with Gasteiger partial charge in [0.05, 0.1) is 24.4 Å². The zero-order chi connectivity index (χ0) is 15.0. The normalized spacial score (nSPS) is 10.5. The predicted molar refractivity (Wildman–Crippen MR) is 82.2 cm³/mol. The highest BCUT2D eigenvalue weighted by Gasteiger charge is 2.14. The van der Waals surface area contributed by atoms with E-state index in [9.17, 15) is 0 Å². The summed E-state index contributed by atoms with van der Waals surface area (Å²) in [5, 5.41) is 8.93. The Bertz CT molecular complexity index is 881. The summed E-state index contributed by atoms with van der Waals surface area (Å²) in [6.07, 6.45) is 0. The number of rotatable bonds is 2. The monoisotopic (exact) mass is 343 g/mol. The summed E-state index contributed by atoms with van der Waals surface area (Å²) >= 11 is 3.45. The Morgan fingerprint density at radius 2 is 2.10 bits per heavy atom. The van der Waals surface area contributed by atoms with Crippen molar-refractivity contribution in [2.75, 3.05) is 12.8 Å². The molecule has 0 aliphatic carbocycles. The molecule has 2 N–H and O–H groups in total. The van der Waals surface area contributed by atoms with E-state index >= 15 is 0 Å². The lowest BCUT2D eigenvalue weighted by Gasteiger charge is -2.09. The van der Waals surface area contributed by atoms with Crippen molar-refractivity contribution in [3.8, 4) is 17.6 Å². The smallest absolute Gasteiger partial charge is 0.215 e. The number of nitrogens with zero attached hydrogens (tertiary/aromatic N) is 4. The van der Waals surface area contributed by atoms with E-state index in [1.807, 2.05) is 0 Å². The topological polar surface area (TPSA) is 89.8 Å². The molecule has 3 rings (SSSR count). The number of pyridine rings is 1. The van der Waals surface area contributed by atoms with Crippen molar-refractivity contribution in [1.29, 1.82) is 5.26 Å². The van der Waals surface area contributed by atoms with E-state index in [0.29, 0.717) is 28.6 Å². The van der Waals surface area contributed by atoms with Gasteiger partial charge in [0.25, 0.3) is 0 Å². The van der Waals surface area contributed by atoms with Crippen LogP contribution in [0.4, 0.5) is 5.95 Å². The molecule has 0 saturated carbocycles. The highest BCUT2D eigenvalue weighted by atomic mass is 79.9. The molecule has 104 valence electrons. The van der Waals surface area contributed by atoms with Crippen LogP contribution >= 0.6 is 15.9 Å². The lowest BCUT2D eigenvalue weighted by Crippen LogP contribution is -2.03. The second-order valence-corrected chi connectivity index (χ2v) is 5.13. The number of hydrogen-bond acceptors (Lipinski definition) is 5. The van der Waals surface area contributed by atoms with E-state index in [-0.39, 0.29) is 0 Å². The van der Waals surface area contributed by atoms with Crippen LogP contribution in [0.15, 0.2) is 34.8 Å². The largest absolute Gasteiger partial charge is 0.481 e. The molecule has 6 nitrogen and oxygen atoms in total. The van der Waals surface area contributed by atoms with Gasteiger partial charge in [-0.3, -0.25) is 4.57 Å². The van der Waals surface area contributed by atoms with E-state index < -0.39 is 0 Å². The number of hydrogen-bond donors (Lipinski definition) is 1. The molecule has 0 aliphatic rings. The quantitative estimate of drug-likeness (QED) is 0.772. The van der Waals surface area contributed by atoms with Gasteiger partial charge in [-0.2, -0.15) is 10.2 Å². The molecular formula is C14H10BrN5O. The summed E-state index contributed by atoms with van der Waals surface area (Å²) < 4.78 is 7.59. The van der Waals surface area contributed by atoms with Gasteiger partial charge in [-0.1, -0.05) is 0 Å². The second-order valence-electron chi connectivity index (χ2n) is 4.28. The van der Waals surface area contributed by atoms with Gasteiger partial charge in [0, 0.05) is 10.5 Å². The number of fused-ring (bicyclic) bond motifs is 1. The summed E-state index contributed by atoms with van der Waals surface area (Å²) in [6, 6.07) is 10.8. The van der Waals surface area contributed by atoms with Gasteiger partial charge >= 0.3 is 0 Å². The first-order chi connectivity index (χ1) is 10.1. The molecule has 0 bridgehead atoms. The molecule has 0 aliphatic heterocycles. The molecule has 7 heteroatoms. The van der Waals surface area contributed by atoms with E-state index in [0.717, 1.165) is 10.2 Å². The number of methoxy groups -OCH3 is 1. The molecule has 0 amide bonds. The number of halogens is 1. The van der Waals surface area contributed by atoms with Crippen LogP contribution in [-0.4, -0.2) is 21.6 Å². The first-order valence-electron chi connectivity index (χ1n) is 6.03. The van der Waals surface area contributed by atoms with Gasteiger partial charge in [-0.25, -0.2) is 4.98 Å². The molecule has 0 unspecified atom stereocenters. The summed E-state index contributed by atoms with van der Waals surface area (Å²) in [7, 11) is 1.55.